The molecule has 29 heavy (non-hydrogen) atoms. The molecule has 1 aromatic heterocycles. The lowest BCUT2D eigenvalue weighted by Crippen LogP contribution is -2.36. The Morgan fingerprint density at radius 2 is 1.62 bits per heavy atom. The standard InChI is InChI=1S/C23H31N3O3/c1-28-20-13-8-14-21(29-2)22(20)19-15-18(25-26(19)17-11-6-7-12-17)23(27)24-16-9-4-3-5-10-16/h8,13-17H,3-7,9-12H2,1-2H3,(H,24,27). The van der Waals surface area contributed by atoms with E-state index in [1.54, 1.807) is 14.2 Å². The van der Waals surface area contributed by atoms with Crippen LogP contribution in [0.5, 0.6) is 11.5 Å². The summed E-state index contributed by atoms with van der Waals surface area (Å²) >= 11 is 0. The molecule has 2 aliphatic rings. The zero-order chi connectivity index (χ0) is 20.2. The monoisotopic (exact) mass is 397 g/mol. The minimum Gasteiger partial charge on any atom is -0.496 e. The Bertz CT molecular complexity index is 827. The van der Waals surface area contributed by atoms with Crippen molar-refractivity contribution in [1.29, 1.82) is 0 Å². The molecule has 1 N–H and O–H groups in total. The molecular formula is C23H31N3O3. The lowest BCUT2D eigenvalue weighted by Gasteiger charge is -2.22. The maximum atomic E-state index is 13.0. The number of ether oxygens (including phenoxy) is 2. The van der Waals surface area contributed by atoms with Gasteiger partial charge in [0.2, 0.25) is 0 Å². The van der Waals surface area contributed by atoms with E-state index in [2.05, 4.69) is 5.32 Å². The van der Waals surface area contributed by atoms with Crippen LogP contribution in [0, 0.1) is 0 Å². The Kier molecular flexibility index (Phi) is 6.07. The Morgan fingerprint density at radius 1 is 1.00 bits per heavy atom. The zero-order valence-corrected chi connectivity index (χ0v) is 17.4. The van der Waals surface area contributed by atoms with Gasteiger partial charge < -0.3 is 14.8 Å². The Balaban J connectivity index is 1.72. The highest BCUT2D eigenvalue weighted by atomic mass is 16.5. The minimum absolute atomic E-state index is 0.0799. The molecule has 2 aromatic rings. The molecule has 0 spiro atoms. The summed E-state index contributed by atoms with van der Waals surface area (Å²) in [6.07, 6.45) is 10.3. The van der Waals surface area contributed by atoms with Gasteiger partial charge in [0.15, 0.2) is 5.69 Å². The number of aromatic nitrogens is 2. The van der Waals surface area contributed by atoms with Crippen molar-refractivity contribution in [2.24, 2.45) is 0 Å². The summed E-state index contributed by atoms with van der Waals surface area (Å²) in [7, 11) is 3.32. The SMILES string of the molecule is COc1cccc(OC)c1-c1cc(C(=O)NC2CCCCC2)nn1C1CCCC1. The van der Waals surface area contributed by atoms with Crippen molar-refractivity contribution < 1.29 is 14.3 Å². The van der Waals surface area contributed by atoms with Gasteiger partial charge in [0.1, 0.15) is 11.5 Å². The van der Waals surface area contributed by atoms with Crippen LogP contribution >= 0.6 is 0 Å². The third kappa shape index (κ3) is 4.11. The van der Waals surface area contributed by atoms with Crippen molar-refractivity contribution in [1.82, 2.24) is 15.1 Å². The number of nitrogens with zero attached hydrogens (tertiary/aromatic N) is 2. The number of carbonyl (C=O) groups is 1. The third-order valence-electron chi connectivity index (χ3n) is 6.26. The first kappa shape index (κ1) is 19.8. The molecule has 0 unspecified atom stereocenters. The van der Waals surface area contributed by atoms with Gasteiger partial charge >= 0.3 is 0 Å². The van der Waals surface area contributed by atoms with E-state index >= 15 is 0 Å². The Hall–Kier alpha value is -2.50. The molecule has 1 heterocycles. The molecule has 0 bridgehead atoms. The first-order chi connectivity index (χ1) is 14.2. The van der Waals surface area contributed by atoms with E-state index in [-0.39, 0.29) is 11.9 Å². The van der Waals surface area contributed by atoms with E-state index in [1.165, 1.54) is 32.1 Å². The molecule has 4 rings (SSSR count). The predicted octanol–water partition coefficient (Wildman–Crippen LogP) is 4.74. The van der Waals surface area contributed by atoms with E-state index in [0.29, 0.717) is 11.7 Å². The molecule has 0 saturated heterocycles. The van der Waals surface area contributed by atoms with Gasteiger partial charge in [-0.2, -0.15) is 5.10 Å². The molecule has 0 atom stereocenters. The summed E-state index contributed by atoms with van der Waals surface area (Å²) in [5.41, 5.74) is 2.22. The normalized spacial score (nSPS) is 18.0. The fourth-order valence-corrected chi connectivity index (χ4v) is 4.73. The third-order valence-corrected chi connectivity index (χ3v) is 6.26. The van der Waals surface area contributed by atoms with Gasteiger partial charge in [-0.1, -0.05) is 38.2 Å². The number of amides is 1. The predicted molar refractivity (Wildman–Crippen MR) is 113 cm³/mol. The Labute approximate surface area is 172 Å². The number of carbonyl (C=O) groups excluding carboxylic acids is 1. The molecule has 156 valence electrons. The van der Waals surface area contributed by atoms with Gasteiger partial charge in [0, 0.05) is 6.04 Å². The number of rotatable bonds is 6. The van der Waals surface area contributed by atoms with Crippen molar-refractivity contribution >= 4 is 5.91 Å². The van der Waals surface area contributed by atoms with Crippen molar-refractivity contribution in [3.05, 3.63) is 30.0 Å². The van der Waals surface area contributed by atoms with Crippen LogP contribution in [0.25, 0.3) is 11.3 Å². The van der Waals surface area contributed by atoms with Gasteiger partial charge in [-0.3, -0.25) is 9.48 Å². The topological polar surface area (TPSA) is 65.4 Å². The summed E-state index contributed by atoms with van der Waals surface area (Å²) in [4.78, 5) is 13.0. The number of nitrogens with one attached hydrogen (secondary N) is 1. The summed E-state index contributed by atoms with van der Waals surface area (Å²) in [6.45, 7) is 0. The molecule has 6 heteroatoms. The van der Waals surface area contributed by atoms with Crippen LogP contribution in [0.2, 0.25) is 0 Å². The summed E-state index contributed by atoms with van der Waals surface area (Å²) in [5.74, 6) is 1.37. The number of hydrogen-bond donors (Lipinski definition) is 1. The van der Waals surface area contributed by atoms with Crippen LogP contribution in [-0.2, 0) is 0 Å². The summed E-state index contributed by atoms with van der Waals surface area (Å²) < 4.78 is 13.3. The molecule has 0 radical (unpaired) electrons. The first-order valence-corrected chi connectivity index (χ1v) is 10.8. The van der Waals surface area contributed by atoms with E-state index in [0.717, 1.165) is 48.4 Å². The second-order valence-corrected chi connectivity index (χ2v) is 8.14. The highest BCUT2D eigenvalue weighted by Gasteiger charge is 2.27. The molecule has 2 saturated carbocycles. The quantitative estimate of drug-likeness (QED) is 0.764. The fourth-order valence-electron chi connectivity index (χ4n) is 4.73. The van der Waals surface area contributed by atoms with Crippen LogP contribution in [-0.4, -0.2) is 35.9 Å². The lowest BCUT2D eigenvalue weighted by atomic mass is 9.95. The van der Waals surface area contributed by atoms with E-state index in [9.17, 15) is 4.79 Å². The summed E-state index contributed by atoms with van der Waals surface area (Å²) in [6, 6.07) is 8.22. The highest BCUT2D eigenvalue weighted by Crippen LogP contribution is 2.41. The van der Waals surface area contributed by atoms with Gasteiger partial charge in [-0.05, 0) is 43.9 Å². The second kappa shape index (κ2) is 8.89. The fraction of sp³-hybridized carbons (Fsp3) is 0.565. The van der Waals surface area contributed by atoms with Crippen LogP contribution in [0.3, 0.4) is 0 Å². The van der Waals surface area contributed by atoms with Gasteiger partial charge in [-0.15, -0.1) is 0 Å². The highest BCUT2D eigenvalue weighted by molar-refractivity contribution is 5.94. The number of methoxy groups -OCH3 is 2. The van der Waals surface area contributed by atoms with Gasteiger partial charge in [0.25, 0.3) is 5.91 Å². The van der Waals surface area contributed by atoms with Gasteiger partial charge in [-0.25, -0.2) is 0 Å². The van der Waals surface area contributed by atoms with Crippen molar-refractivity contribution in [3.63, 3.8) is 0 Å². The molecule has 2 fully saturated rings. The second-order valence-electron chi connectivity index (χ2n) is 8.14. The lowest BCUT2D eigenvalue weighted by molar-refractivity contribution is 0.0921. The average molecular weight is 398 g/mol. The van der Waals surface area contributed by atoms with Crippen LogP contribution < -0.4 is 14.8 Å². The molecule has 6 nitrogen and oxygen atoms in total. The van der Waals surface area contributed by atoms with Gasteiger partial charge in [0.05, 0.1) is 31.5 Å². The largest absolute Gasteiger partial charge is 0.496 e. The van der Waals surface area contributed by atoms with E-state index < -0.39 is 0 Å². The maximum absolute atomic E-state index is 13.0. The van der Waals surface area contributed by atoms with Crippen LogP contribution in [0.4, 0.5) is 0 Å². The summed E-state index contributed by atoms with van der Waals surface area (Å²) in [5, 5.41) is 7.98. The van der Waals surface area contributed by atoms with E-state index in [4.69, 9.17) is 14.6 Å². The van der Waals surface area contributed by atoms with Crippen molar-refractivity contribution in [2.75, 3.05) is 14.2 Å². The first-order valence-electron chi connectivity index (χ1n) is 10.8. The Morgan fingerprint density at radius 3 is 2.24 bits per heavy atom. The van der Waals surface area contributed by atoms with Crippen LogP contribution in [0.1, 0.15) is 74.3 Å². The average Bonchev–Trinajstić information content (AvgIpc) is 3.43. The molecule has 1 aromatic carbocycles. The molecule has 1 amide bonds. The number of hydrogen-bond acceptors (Lipinski definition) is 4. The molecular weight excluding hydrogens is 366 g/mol. The van der Waals surface area contributed by atoms with E-state index in [1.807, 2.05) is 28.9 Å². The molecule has 2 aliphatic carbocycles. The minimum atomic E-state index is -0.0799. The van der Waals surface area contributed by atoms with Crippen molar-refractivity contribution in [2.45, 2.75) is 69.9 Å². The number of benzene rings is 1. The van der Waals surface area contributed by atoms with Crippen LogP contribution in [0.15, 0.2) is 24.3 Å². The van der Waals surface area contributed by atoms with Crippen molar-refractivity contribution in [3.8, 4) is 22.8 Å². The molecule has 0 aliphatic heterocycles. The maximum Gasteiger partial charge on any atom is 0.272 e. The smallest absolute Gasteiger partial charge is 0.272 e. The zero-order valence-electron chi connectivity index (χ0n) is 17.4.